The zero-order valence-corrected chi connectivity index (χ0v) is 18.9. The Labute approximate surface area is 192 Å². The summed E-state index contributed by atoms with van der Waals surface area (Å²) in [6, 6.07) is 10.5. The lowest BCUT2D eigenvalue weighted by atomic mass is 10.1. The molecule has 2 heterocycles. The third-order valence-electron chi connectivity index (χ3n) is 4.74. The predicted molar refractivity (Wildman–Crippen MR) is 123 cm³/mol. The van der Waals surface area contributed by atoms with Crippen LogP contribution in [0.2, 0.25) is 0 Å². The average molecular weight is 459 g/mol. The topological polar surface area (TPSA) is 116 Å². The number of anilines is 1. The number of rotatable bonds is 12. The second kappa shape index (κ2) is 12.9. The van der Waals surface area contributed by atoms with Crippen LogP contribution in [0.5, 0.6) is 0 Å². The van der Waals surface area contributed by atoms with E-state index in [4.69, 9.17) is 19.0 Å². The Morgan fingerprint density at radius 2 is 2.15 bits per heavy atom. The van der Waals surface area contributed by atoms with Gasteiger partial charge < -0.3 is 29.5 Å². The molecule has 1 aliphatic heterocycles. The maximum atomic E-state index is 12.4. The Morgan fingerprint density at radius 1 is 1.27 bits per heavy atom. The standard InChI is InChI=1S/C23H30N4O6/c1-3-32-23(29)24-18-7-4-6-17(14-18)15-27-22(28)11-10-20(25-27)21-9-5-8-19(33-26-21)16-31-13-12-30-2/h4,6-8,10-11,14,23-24,29H,3,5,9,12-13,15-16H2,1-2H3. The van der Waals surface area contributed by atoms with E-state index < -0.39 is 6.41 Å². The normalized spacial score (nSPS) is 14.6. The molecule has 0 amide bonds. The van der Waals surface area contributed by atoms with E-state index >= 15 is 0 Å². The number of allylic oxidation sites excluding steroid dienone is 1. The highest BCUT2D eigenvalue weighted by atomic mass is 16.6. The molecular formula is C23H30N4O6. The third kappa shape index (κ3) is 7.79. The smallest absolute Gasteiger partial charge is 0.267 e. The van der Waals surface area contributed by atoms with Gasteiger partial charge in [0, 0.05) is 25.5 Å². The lowest BCUT2D eigenvalue weighted by molar-refractivity contribution is -0.0730. The van der Waals surface area contributed by atoms with Gasteiger partial charge in [-0.25, -0.2) is 4.68 Å². The highest BCUT2D eigenvalue weighted by Crippen LogP contribution is 2.15. The van der Waals surface area contributed by atoms with Gasteiger partial charge in [-0.3, -0.25) is 4.79 Å². The van der Waals surface area contributed by atoms with Gasteiger partial charge in [0.1, 0.15) is 18.0 Å². The molecule has 0 radical (unpaired) electrons. The minimum Gasteiger partial charge on any atom is -0.382 e. The summed E-state index contributed by atoms with van der Waals surface area (Å²) in [6.07, 6.45) is 2.18. The number of aliphatic hydroxyl groups is 1. The summed E-state index contributed by atoms with van der Waals surface area (Å²) in [5.41, 5.74) is 2.51. The molecule has 10 heteroatoms. The quantitative estimate of drug-likeness (QED) is 0.367. The molecule has 2 aromatic rings. The fraction of sp³-hybridized carbons (Fsp3) is 0.435. The summed E-state index contributed by atoms with van der Waals surface area (Å²) in [4.78, 5) is 17.9. The van der Waals surface area contributed by atoms with Gasteiger partial charge in [0.05, 0.1) is 19.8 Å². The van der Waals surface area contributed by atoms with Crippen LogP contribution in [-0.4, -0.2) is 60.5 Å². The Morgan fingerprint density at radius 3 is 2.97 bits per heavy atom. The van der Waals surface area contributed by atoms with Gasteiger partial charge in [0.25, 0.3) is 5.56 Å². The highest BCUT2D eigenvalue weighted by Gasteiger charge is 2.13. The molecule has 1 aromatic heterocycles. The van der Waals surface area contributed by atoms with E-state index in [1.165, 1.54) is 10.7 Å². The molecule has 2 N–H and O–H groups in total. The van der Waals surface area contributed by atoms with Crippen LogP contribution in [0.1, 0.15) is 31.0 Å². The van der Waals surface area contributed by atoms with Gasteiger partial charge >= 0.3 is 0 Å². The molecule has 0 bridgehead atoms. The molecule has 1 atom stereocenters. The molecule has 0 saturated carbocycles. The average Bonchev–Trinajstić information content (AvgIpc) is 3.04. The van der Waals surface area contributed by atoms with Crippen molar-refractivity contribution in [2.75, 3.05) is 38.9 Å². The number of hydrogen-bond acceptors (Lipinski definition) is 9. The fourth-order valence-electron chi connectivity index (χ4n) is 3.13. The van der Waals surface area contributed by atoms with Crippen LogP contribution < -0.4 is 10.9 Å². The zero-order chi connectivity index (χ0) is 23.5. The van der Waals surface area contributed by atoms with Crippen molar-refractivity contribution in [1.29, 1.82) is 0 Å². The molecule has 10 nitrogen and oxygen atoms in total. The van der Waals surface area contributed by atoms with E-state index in [1.807, 2.05) is 24.3 Å². The Bertz CT molecular complexity index is 1020. The van der Waals surface area contributed by atoms with E-state index in [0.29, 0.717) is 55.7 Å². The maximum Gasteiger partial charge on any atom is 0.267 e. The monoisotopic (exact) mass is 458 g/mol. The van der Waals surface area contributed by atoms with E-state index in [1.54, 1.807) is 26.2 Å². The molecule has 0 aliphatic carbocycles. The summed E-state index contributed by atoms with van der Waals surface area (Å²) in [5, 5.41) is 21.3. The van der Waals surface area contributed by atoms with E-state index in [2.05, 4.69) is 15.6 Å². The van der Waals surface area contributed by atoms with Crippen molar-refractivity contribution < 1.29 is 24.2 Å². The number of ether oxygens (including phenoxy) is 3. The number of oxime groups is 1. The SMILES string of the molecule is CCOC(O)Nc1cccc(Cn2nc(C3=NOC(COCCOC)=CCC3)ccc2=O)c1. The number of methoxy groups -OCH3 is 1. The maximum absolute atomic E-state index is 12.4. The number of aromatic nitrogens is 2. The Kier molecular flexibility index (Phi) is 9.58. The number of benzene rings is 1. The van der Waals surface area contributed by atoms with Crippen molar-refractivity contribution in [2.24, 2.45) is 5.16 Å². The van der Waals surface area contributed by atoms with Crippen LogP contribution in [0.4, 0.5) is 5.69 Å². The second-order valence-electron chi connectivity index (χ2n) is 7.25. The van der Waals surface area contributed by atoms with E-state index in [9.17, 15) is 9.90 Å². The van der Waals surface area contributed by atoms with Gasteiger partial charge in [-0.05, 0) is 49.6 Å². The lowest BCUT2D eigenvalue weighted by Crippen LogP contribution is -2.25. The van der Waals surface area contributed by atoms with Crippen LogP contribution in [0.25, 0.3) is 0 Å². The van der Waals surface area contributed by atoms with Gasteiger partial charge in [-0.1, -0.05) is 17.3 Å². The van der Waals surface area contributed by atoms with Gasteiger partial charge in [-0.15, -0.1) is 0 Å². The molecule has 1 aromatic carbocycles. The Balaban J connectivity index is 1.68. The molecule has 0 spiro atoms. The lowest BCUT2D eigenvalue weighted by Gasteiger charge is -2.14. The first-order chi connectivity index (χ1) is 16.1. The Hall–Kier alpha value is -3.05. The molecular weight excluding hydrogens is 428 g/mol. The third-order valence-corrected chi connectivity index (χ3v) is 4.74. The number of nitrogens with one attached hydrogen (secondary N) is 1. The van der Waals surface area contributed by atoms with Crippen molar-refractivity contribution in [1.82, 2.24) is 9.78 Å². The van der Waals surface area contributed by atoms with Gasteiger partial charge in [0.2, 0.25) is 6.41 Å². The second-order valence-corrected chi connectivity index (χ2v) is 7.25. The molecule has 3 rings (SSSR count). The first-order valence-electron chi connectivity index (χ1n) is 10.8. The first-order valence-corrected chi connectivity index (χ1v) is 10.8. The zero-order valence-electron chi connectivity index (χ0n) is 18.9. The molecule has 1 unspecified atom stereocenters. The molecule has 0 fully saturated rings. The van der Waals surface area contributed by atoms with Crippen molar-refractivity contribution in [2.45, 2.75) is 32.7 Å². The van der Waals surface area contributed by atoms with Crippen molar-refractivity contribution in [3.63, 3.8) is 0 Å². The van der Waals surface area contributed by atoms with E-state index in [0.717, 1.165) is 12.0 Å². The number of aliphatic hydroxyl groups excluding tert-OH is 1. The van der Waals surface area contributed by atoms with Crippen LogP contribution >= 0.6 is 0 Å². The van der Waals surface area contributed by atoms with Crippen LogP contribution in [0, 0.1) is 0 Å². The van der Waals surface area contributed by atoms with Crippen LogP contribution in [-0.2, 0) is 25.6 Å². The van der Waals surface area contributed by atoms with Crippen LogP contribution in [0.3, 0.4) is 0 Å². The summed E-state index contributed by atoms with van der Waals surface area (Å²) in [5.74, 6) is 0.632. The largest absolute Gasteiger partial charge is 0.382 e. The first kappa shape index (κ1) is 24.6. The molecule has 178 valence electrons. The predicted octanol–water partition coefficient (Wildman–Crippen LogP) is 2.08. The fourth-order valence-corrected chi connectivity index (χ4v) is 3.13. The summed E-state index contributed by atoms with van der Waals surface area (Å²) < 4.78 is 16.9. The summed E-state index contributed by atoms with van der Waals surface area (Å²) in [6.45, 7) is 3.74. The van der Waals surface area contributed by atoms with Crippen molar-refractivity contribution in [3.05, 3.63) is 69.8 Å². The van der Waals surface area contributed by atoms with Crippen LogP contribution in [0.15, 0.2) is 58.2 Å². The van der Waals surface area contributed by atoms with Gasteiger partial charge in [0.15, 0.2) is 5.76 Å². The number of nitrogens with zero attached hydrogens (tertiary/aromatic N) is 3. The van der Waals surface area contributed by atoms with Crippen molar-refractivity contribution >= 4 is 11.4 Å². The van der Waals surface area contributed by atoms with Gasteiger partial charge in [-0.2, -0.15) is 5.10 Å². The van der Waals surface area contributed by atoms with E-state index in [-0.39, 0.29) is 12.1 Å². The molecule has 33 heavy (non-hydrogen) atoms. The minimum absolute atomic E-state index is 0.230. The minimum atomic E-state index is -1.11. The highest BCUT2D eigenvalue weighted by molar-refractivity contribution is 5.98. The number of hydrogen-bond donors (Lipinski definition) is 2. The summed E-state index contributed by atoms with van der Waals surface area (Å²) >= 11 is 0. The summed E-state index contributed by atoms with van der Waals surface area (Å²) in [7, 11) is 1.62. The molecule has 0 saturated heterocycles. The van der Waals surface area contributed by atoms with Crippen molar-refractivity contribution in [3.8, 4) is 0 Å². The molecule has 1 aliphatic rings.